The van der Waals surface area contributed by atoms with E-state index in [1.807, 2.05) is 0 Å². The summed E-state index contributed by atoms with van der Waals surface area (Å²) in [6.45, 7) is 0. The van der Waals surface area contributed by atoms with Crippen molar-refractivity contribution < 1.29 is 14.3 Å². The summed E-state index contributed by atoms with van der Waals surface area (Å²) in [5.74, 6) is -0.465. The second-order valence-corrected chi connectivity index (χ2v) is 7.98. The van der Waals surface area contributed by atoms with E-state index in [9.17, 15) is 9.59 Å². The summed E-state index contributed by atoms with van der Waals surface area (Å²) in [5.41, 5.74) is 1.11. The molecule has 0 bridgehead atoms. The Morgan fingerprint density at radius 3 is 2.30 bits per heavy atom. The van der Waals surface area contributed by atoms with Crippen molar-refractivity contribution in [2.24, 2.45) is 0 Å². The van der Waals surface area contributed by atoms with Gasteiger partial charge in [-0.2, -0.15) is 0 Å². The Morgan fingerprint density at radius 1 is 1.15 bits per heavy atom. The van der Waals surface area contributed by atoms with Crippen molar-refractivity contribution >= 4 is 84.4 Å². The van der Waals surface area contributed by atoms with Crippen LogP contribution in [-0.4, -0.2) is 24.0 Å². The van der Waals surface area contributed by atoms with Gasteiger partial charge in [-0.25, -0.2) is 0 Å². The highest BCUT2D eigenvalue weighted by molar-refractivity contribution is 9.11. The molecule has 138 valence electrons. The Morgan fingerprint density at radius 2 is 1.74 bits per heavy atom. The molecule has 0 spiro atoms. The first kappa shape index (κ1) is 20.0. The Kier molecular flexibility index (Phi) is 6.00. The van der Waals surface area contributed by atoms with Crippen LogP contribution in [0.15, 0.2) is 50.9 Å². The molecule has 1 N–H and O–H groups in total. The quantitative estimate of drug-likeness (QED) is 0.355. The highest BCUT2D eigenvalue weighted by atomic mass is 79.9. The van der Waals surface area contributed by atoms with Crippen LogP contribution in [0.4, 0.5) is 5.69 Å². The van der Waals surface area contributed by atoms with E-state index >= 15 is 0 Å². The van der Waals surface area contributed by atoms with Crippen molar-refractivity contribution in [3.8, 4) is 5.75 Å². The summed E-state index contributed by atoms with van der Waals surface area (Å²) >= 11 is 17.9. The van der Waals surface area contributed by atoms with Gasteiger partial charge in [0.1, 0.15) is 11.3 Å². The molecule has 1 aliphatic heterocycles. The van der Waals surface area contributed by atoms with Crippen molar-refractivity contribution in [1.82, 2.24) is 5.32 Å². The van der Waals surface area contributed by atoms with Gasteiger partial charge in [0.2, 0.25) is 0 Å². The number of benzene rings is 2. The van der Waals surface area contributed by atoms with Crippen molar-refractivity contribution in [3.63, 3.8) is 0 Å². The van der Waals surface area contributed by atoms with E-state index in [1.54, 1.807) is 43.5 Å². The average Bonchev–Trinajstić information content (AvgIpc) is 2.60. The largest absolute Gasteiger partial charge is 0.494 e. The molecule has 2 amide bonds. The van der Waals surface area contributed by atoms with Crippen LogP contribution >= 0.6 is 55.7 Å². The molecule has 0 aliphatic carbocycles. The number of hydrogen-bond donors (Lipinski definition) is 1. The zero-order chi connectivity index (χ0) is 19.7. The zero-order valence-electron chi connectivity index (χ0n) is 13.8. The van der Waals surface area contributed by atoms with Crippen molar-refractivity contribution in [2.45, 2.75) is 0 Å². The number of halogens is 3. The SMILES string of the molecule is COc1c(Br)cc(/C=C2\C(=O)NC(=S)N(c3ccc(Cl)cc3)C2=O)cc1Br. The number of carbonyl (C=O) groups excluding carboxylic acids is 2. The first-order valence-corrected chi connectivity index (χ1v) is 9.89. The number of nitrogens with zero attached hydrogens (tertiary/aromatic N) is 1. The predicted octanol–water partition coefficient (Wildman–Crippen LogP) is 4.70. The van der Waals surface area contributed by atoms with Crippen LogP contribution in [0.1, 0.15) is 5.56 Å². The van der Waals surface area contributed by atoms with E-state index < -0.39 is 11.8 Å². The molecule has 1 heterocycles. The summed E-state index contributed by atoms with van der Waals surface area (Å²) < 4.78 is 6.63. The van der Waals surface area contributed by atoms with E-state index in [0.717, 1.165) is 0 Å². The van der Waals surface area contributed by atoms with Crippen LogP contribution in [0.25, 0.3) is 6.08 Å². The molecule has 3 rings (SSSR count). The monoisotopic (exact) mass is 528 g/mol. The van der Waals surface area contributed by atoms with Gasteiger partial charge in [0.05, 0.1) is 21.7 Å². The second kappa shape index (κ2) is 8.10. The van der Waals surface area contributed by atoms with Gasteiger partial charge in [0.25, 0.3) is 11.8 Å². The number of ether oxygens (including phenoxy) is 1. The fourth-order valence-electron chi connectivity index (χ4n) is 2.51. The first-order valence-electron chi connectivity index (χ1n) is 7.52. The molecular weight excluding hydrogens is 520 g/mol. The molecular formula is C18H11Br2ClN2O3S. The Balaban J connectivity index is 2.03. The number of anilines is 1. The number of methoxy groups -OCH3 is 1. The summed E-state index contributed by atoms with van der Waals surface area (Å²) in [6.07, 6.45) is 1.50. The van der Waals surface area contributed by atoms with Crippen LogP contribution in [0.2, 0.25) is 5.02 Å². The van der Waals surface area contributed by atoms with Gasteiger partial charge in [-0.05, 0) is 92.1 Å². The summed E-state index contributed by atoms with van der Waals surface area (Å²) in [6, 6.07) is 10.1. The average molecular weight is 531 g/mol. The van der Waals surface area contributed by atoms with Crippen LogP contribution in [0.3, 0.4) is 0 Å². The highest BCUT2D eigenvalue weighted by Gasteiger charge is 2.34. The number of thiocarbonyl (C=S) groups is 1. The van der Waals surface area contributed by atoms with Gasteiger partial charge >= 0.3 is 0 Å². The minimum atomic E-state index is -0.557. The molecule has 5 nitrogen and oxygen atoms in total. The Labute approximate surface area is 182 Å². The van der Waals surface area contributed by atoms with E-state index in [0.29, 0.717) is 31.0 Å². The molecule has 0 atom stereocenters. The van der Waals surface area contributed by atoms with Gasteiger partial charge in [0.15, 0.2) is 5.11 Å². The van der Waals surface area contributed by atoms with Gasteiger partial charge in [-0.3, -0.25) is 19.8 Å². The number of carbonyl (C=O) groups is 2. The minimum Gasteiger partial charge on any atom is -0.494 e. The molecule has 9 heteroatoms. The van der Waals surface area contributed by atoms with E-state index in [1.165, 1.54) is 11.0 Å². The van der Waals surface area contributed by atoms with Crippen LogP contribution in [0.5, 0.6) is 5.75 Å². The summed E-state index contributed by atoms with van der Waals surface area (Å²) in [5, 5.41) is 3.09. The third-order valence-corrected chi connectivity index (χ3v) is 5.44. The minimum absolute atomic E-state index is 0.0153. The van der Waals surface area contributed by atoms with Gasteiger partial charge < -0.3 is 4.74 Å². The number of hydrogen-bond acceptors (Lipinski definition) is 4. The lowest BCUT2D eigenvalue weighted by Crippen LogP contribution is -2.54. The lowest BCUT2D eigenvalue weighted by molar-refractivity contribution is -0.122. The van der Waals surface area contributed by atoms with Gasteiger partial charge in [0, 0.05) is 5.02 Å². The Hall–Kier alpha value is -1.74. The number of rotatable bonds is 3. The maximum absolute atomic E-state index is 13.0. The molecule has 0 unspecified atom stereocenters. The zero-order valence-corrected chi connectivity index (χ0v) is 18.5. The van der Waals surface area contributed by atoms with Gasteiger partial charge in [-0.15, -0.1) is 0 Å². The third kappa shape index (κ3) is 4.08. The topological polar surface area (TPSA) is 58.6 Å². The summed E-state index contributed by atoms with van der Waals surface area (Å²) in [7, 11) is 1.55. The number of amides is 2. The molecule has 1 aliphatic rings. The smallest absolute Gasteiger partial charge is 0.270 e. The molecule has 2 aromatic rings. The van der Waals surface area contributed by atoms with Crippen LogP contribution in [0, 0.1) is 0 Å². The fourth-order valence-corrected chi connectivity index (χ4v) is 4.46. The maximum atomic E-state index is 13.0. The Bertz CT molecular complexity index is 970. The summed E-state index contributed by atoms with van der Waals surface area (Å²) in [4.78, 5) is 26.6. The van der Waals surface area contributed by atoms with E-state index in [4.69, 9.17) is 28.6 Å². The normalized spacial score (nSPS) is 15.9. The van der Waals surface area contributed by atoms with E-state index in [2.05, 4.69) is 37.2 Å². The molecule has 0 saturated carbocycles. The molecule has 0 aromatic heterocycles. The standard InChI is InChI=1S/C18H11Br2ClN2O3S/c1-26-15-13(19)7-9(8-14(15)20)6-12-16(24)22-18(27)23(17(12)25)11-4-2-10(21)3-5-11/h2-8H,1H3,(H,22,24,27)/b12-6+. The van der Waals surface area contributed by atoms with Crippen molar-refractivity contribution in [2.75, 3.05) is 12.0 Å². The van der Waals surface area contributed by atoms with Crippen molar-refractivity contribution in [1.29, 1.82) is 0 Å². The number of nitrogens with one attached hydrogen (secondary N) is 1. The van der Waals surface area contributed by atoms with Crippen LogP contribution in [-0.2, 0) is 9.59 Å². The lowest BCUT2D eigenvalue weighted by atomic mass is 10.1. The van der Waals surface area contributed by atoms with Gasteiger partial charge in [-0.1, -0.05) is 11.6 Å². The maximum Gasteiger partial charge on any atom is 0.270 e. The molecule has 1 saturated heterocycles. The molecule has 0 radical (unpaired) electrons. The fraction of sp³-hybridized carbons (Fsp3) is 0.0556. The first-order chi connectivity index (χ1) is 12.8. The molecule has 2 aromatic carbocycles. The predicted molar refractivity (Wildman–Crippen MR) is 116 cm³/mol. The van der Waals surface area contributed by atoms with E-state index in [-0.39, 0.29) is 10.7 Å². The second-order valence-electron chi connectivity index (χ2n) is 5.45. The highest BCUT2D eigenvalue weighted by Crippen LogP contribution is 2.35. The lowest BCUT2D eigenvalue weighted by Gasteiger charge is -2.29. The molecule has 1 fully saturated rings. The van der Waals surface area contributed by atoms with Crippen LogP contribution < -0.4 is 15.0 Å². The van der Waals surface area contributed by atoms with Crippen molar-refractivity contribution in [3.05, 3.63) is 61.5 Å². The third-order valence-electron chi connectivity index (χ3n) is 3.72. The molecule has 27 heavy (non-hydrogen) atoms.